The number of allylic oxidation sites excluding steroid dienone is 1. The summed E-state index contributed by atoms with van der Waals surface area (Å²) in [4.78, 5) is 19.0. The van der Waals surface area contributed by atoms with Gasteiger partial charge in [-0.25, -0.2) is 0 Å². The van der Waals surface area contributed by atoms with Gasteiger partial charge in [0.25, 0.3) is 0 Å². The van der Waals surface area contributed by atoms with Gasteiger partial charge in [0.1, 0.15) is 5.78 Å². The number of nitrogens with one attached hydrogen (secondary N) is 1. The van der Waals surface area contributed by atoms with Crippen LogP contribution in [-0.4, -0.2) is 69.4 Å². The van der Waals surface area contributed by atoms with Gasteiger partial charge in [0.05, 0.1) is 30.7 Å². The van der Waals surface area contributed by atoms with Gasteiger partial charge in [0, 0.05) is 50.3 Å². The van der Waals surface area contributed by atoms with E-state index in [1.807, 2.05) is 36.4 Å². The van der Waals surface area contributed by atoms with Gasteiger partial charge >= 0.3 is 0 Å². The second-order valence-electron chi connectivity index (χ2n) is 12.0. The van der Waals surface area contributed by atoms with E-state index in [1.165, 1.54) is 5.56 Å². The number of fused-ring (bicyclic) bond motifs is 2. The number of ether oxygens (including phenoxy) is 1. The molecule has 0 aliphatic carbocycles. The van der Waals surface area contributed by atoms with Crippen LogP contribution in [0.2, 0.25) is 0 Å². The number of Topliss-reactive ketones (excluding diaryl/α,β-unsaturated/α-hetero) is 1. The fourth-order valence-electron chi connectivity index (χ4n) is 6.27. The second kappa shape index (κ2) is 14.5. The molecule has 0 amide bonds. The van der Waals surface area contributed by atoms with E-state index in [-0.39, 0.29) is 50.3 Å². The standard InChI is InChI=1S/C34H44N4O6/c1-2-3-24(40)14-26(42)15-25(41)7-4-21-5-9-32(43)33(12-21)44-20-38-17-30-23(16-37-31(30)18-38)13-29-22(19-39)6-8-28-27(29)10-11-36-34(28)35/h5-6,8-9,12,16,18,24,26,34,36,39-40,42-43H,2-4,7,10-11,13-15,17,19-20,35H2,1H3. The van der Waals surface area contributed by atoms with Gasteiger partial charge in [0.2, 0.25) is 0 Å². The number of hydrogen-bond acceptors (Lipinski definition) is 10. The minimum absolute atomic E-state index is 0.0171. The van der Waals surface area contributed by atoms with Gasteiger partial charge in [-0.15, -0.1) is 0 Å². The maximum Gasteiger partial charge on any atom is 0.163 e. The molecule has 0 fully saturated rings. The van der Waals surface area contributed by atoms with Gasteiger partial charge in [-0.3, -0.25) is 15.1 Å². The molecule has 3 aliphatic rings. The van der Waals surface area contributed by atoms with E-state index >= 15 is 0 Å². The van der Waals surface area contributed by atoms with E-state index in [1.54, 1.807) is 18.2 Å². The van der Waals surface area contributed by atoms with Crippen LogP contribution in [-0.2, 0) is 30.7 Å². The van der Waals surface area contributed by atoms with Crippen molar-refractivity contribution in [3.05, 3.63) is 81.2 Å². The highest BCUT2D eigenvalue weighted by atomic mass is 16.5. The number of aliphatic hydroxyl groups excluding tert-OH is 3. The van der Waals surface area contributed by atoms with Crippen molar-refractivity contribution in [1.29, 1.82) is 0 Å². The lowest BCUT2D eigenvalue weighted by Crippen LogP contribution is -2.36. The SMILES string of the molecule is CCCC(O)CC(O)CC(=O)CCc1ccc(O)c(OCN2C=C3N=CC(Cc4c(CO)ccc5c4CCNC5N)=C3C2)c1. The normalized spacial score (nSPS) is 18.7. The summed E-state index contributed by atoms with van der Waals surface area (Å²) in [6, 6.07) is 9.04. The van der Waals surface area contributed by atoms with E-state index in [2.05, 4.69) is 10.3 Å². The third-order valence-corrected chi connectivity index (χ3v) is 8.63. The first-order chi connectivity index (χ1) is 21.2. The molecule has 236 valence electrons. The monoisotopic (exact) mass is 604 g/mol. The predicted octanol–water partition coefficient (Wildman–Crippen LogP) is 2.91. The largest absolute Gasteiger partial charge is 0.504 e. The summed E-state index contributed by atoms with van der Waals surface area (Å²) in [6.07, 6.45) is 6.09. The summed E-state index contributed by atoms with van der Waals surface area (Å²) >= 11 is 0. The van der Waals surface area contributed by atoms with E-state index in [0.717, 1.165) is 58.5 Å². The number of rotatable bonds is 15. The number of nitrogens with two attached hydrogens (primary N) is 1. The van der Waals surface area contributed by atoms with Gasteiger partial charge < -0.3 is 35.8 Å². The van der Waals surface area contributed by atoms with Crippen LogP contribution in [0.15, 0.2) is 58.4 Å². The number of aliphatic imine (C=N–C) groups is 1. The Balaban J connectivity index is 1.17. The van der Waals surface area contributed by atoms with Gasteiger partial charge in [0.15, 0.2) is 18.2 Å². The van der Waals surface area contributed by atoms with E-state index in [9.17, 15) is 25.2 Å². The smallest absolute Gasteiger partial charge is 0.163 e. The van der Waals surface area contributed by atoms with E-state index < -0.39 is 12.2 Å². The van der Waals surface area contributed by atoms with E-state index in [4.69, 9.17) is 10.5 Å². The van der Waals surface area contributed by atoms with Crippen LogP contribution in [0.5, 0.6) is 11.5 Å². The van der Waals surface area contributed by atoms with Crippen LogP contribution in [0.1, 0.15) is 73.0 Å². The Hall–Kier alpha value is -3.54. The lowest BCUT2D eigenvalue weighted by molar-refractivity contribution is -0.121. The van der Waals surface area contributed by atoms with Crippen molar-refractivity contribution >= 4 is 12.0 Å². The van der Waals surface area contributed by atoms with Crippen LogP contribution < -0.4 is 15.8 Å². The Bertz CT molecular complexity index is 1450. The Morgan fingerprint density at radius 1 is 1.23 bits per heavy atom. The quantitative estimate of drug-likeness (QED) is 0.180. The highest BCUT2D eigenvalue weighted by Gasteiger charge is 2.27. The number of aryl methyl sites for hydroxylation is 1. The molecule has 0 radical (unpaired) electrons. The highest BCUT2D eigenvalue weighted by Crippen LogP contribution is 2.35. The van der Waals surface area contributed by atoms with Crippen LogP contribution >= 0.6 is 0 Å². The average Bonchev–Trinajstić information content (AvgIpc) is 3.57. The Morgan fingerprint density at radius 3 is 2.86 bits per heavy atom. The number of nitrogens with zero attached hydrogens (tertiary/aromatic N) is 2. The number of phenols is 1. The molecule has 0 spiro atoms. The Kier molecular flexibility index (Phi) is 10.5. The summed E-state index contributed by atoms with van der Waals surface area (Å²) in [5, 5.41) is 43.8. The minimum atomic E-state index is -0.845. The zero-order chi connectivity index (χ0) is 31.2. The van der Waals surface area contributed by atoms with Crippen molar-refractivity contribution in [2.45, 2.75) is 83.3 Å². The number of phenolic OH excluding ortho intramolecular Hbond substituents is 1. The number of benzene rings is 2. The zero-order valence-electron chi connectivity index (χ0n) is 25.3. The number of aliphatic hydroxyl groups is 3. The number of carbonyl (C=O) groups excluding carboxylic acids is 1. The number of ketones is 1. The fourth-order valence-corrected chi connectivity index (χ4v) is 6.27. The molecule has 3 heterocycles. The first kappa shape index (κ1) is 31.9. The maximum atomic E-state index is 12.4. The van der Waals surface area contributed by atoms with Crippen LogP contribution in [0.4, 0.5) is 0 Å². The molecular formula is C34H44N4O6. The Morgan fingerprint density at radius 2 is 2.07 bits per heavy atom. The van der Waals surface area contributed by atoms with Crippen molar-refractivity contribution < 1.29 is 30.0 Å². The highest BCUT2D eigenvalue weighted by molar-refractivity contribution is 5.87. The molecule has 2 aromatic rings. The van der Waals surface area contributed by atoms with Crippen molar-refractivity contribution in [2.75, 3.05) is 19.8 Å². The van der Waals surface area contributed by atoms with Crippen LogP contribution in [0.3, 0.4) is 0 Å². The van der Waals surface area contributed by atoms with Gasteiger partial charge in [-0.1, -0.05) is 31.5 Å². The minimum Gasteiger partial charge on any atom is -0.504 e. The molecule has 0 aromatic heterocycles. The van der Waals surface area contributed by atoms with Gasteiger partial charge in [-0.2, -0.15) is 0 Å². The molecule has 2 aromatic carbocycles. The van der Waals surface area contributed by atoms with Crippen molar-refractivity contribution in [2.24, 2.45) is 10.7 Å². The third-order valence-electron chi connectivity index (χ3n) is 8.63. The number of carbonyl (C=O) groups is 1. The molecule has 3 atom stereocenters. The summed E-state index contributed by atoms with van der Waals surface area (Å²) in [5.74, 6) is 0.279. The molecular weight excluding hydrogens is 560 g/mol. The topological polar surface area (TPSA) is 161 Å². The van der Waals surface area contributed by atoms with Crippen LogP contribution in [0, 0.1) is 0 Å². The summed E-state index contributed by atoms with van der Waals surface area (Å²) in [7, 11) is 0. The third kappa shape index (κ3) is 7.57. The molecule has 10 heteroatoms. The Labute approximate surface area is 258 Å². The first-order valence-electron chi connectivity index (χ1n) is 15.5. The van der Waals surface area contributed by atoms with Crippen molar-refractivity contribution in [3.8, 4) is 11.5 Å². The molecule has 0 bridgehead atoms. The zero-order valence-corrected chi connectivity index (χ0v) is 25.3. The molecule has 3 aliphatic heterocycles. The van der Waals surface area contributed by atoms with E-state index in [0.29, 0.717) is 31.6 Å². The number of aromatic hydroxyl groups is 1. The van der Waals surface area contributed by atoms with Crippen LogP contribution in [0.25, 0.3) is 0 Å². The van der Waals surface area contributed by atoms with Crippen molar-refractivity contribution in [1.82, 2.24) is 10.2 Å². The molecule has 10 nitrogen and oxygen atoms in total. The molecule has 5 rings (SSSR count). The lowest BCUT2D eigenvalue weighted by atomic mass is 9.86. The van der Waals surface area contributed by atoms with Gasteiger partial charge in [-0.05, 0) is 71.2 Å². The first-order valence-corrected chi connectivity index (χ1v) is 15.5. The summed E-state index contributed by atoms with van der Waals surface area (Å²) in [6.45, 7) is 3.55. The second-order valence-corrected chi connectivity index (χ2v) is 12.0. The molecule has 3 unspecified atom stereocenters. The molecule has 0 saturated heterocycles. The maximum absolute atomic E-state index is 12.4. The van der Waals surface area contributed by atoms with Crippen molar-refractivity contribution in [3.63, 3.8) is 0 Å². The molecule has 44 heavy (non-hydrogen) atoms. The average molecular weight is 605 g/mol. The predicted molar refractivity (Wildman–Crippen MR) is 168 cm³/mol. The summed E-state index contributed by atoms with van der Waals surface area (Å²) < 4.78 is 5.99. The molecule has 0 saturated carbocycles. The fraction of sp³-hybridized carbons (Fsp3) is 0.471. The molecule has 7 N–H and O–H groups in total. The lowest BCUT2D eigenvalue weighted by Gasteiger charge is -2.27. The summed E-state index contributed by atoms with van der Waals surface area (Å²) in [5.41, 5.74) is 14.6. The number of hydrogen-bond donors (Lipinski definition) is 6.